The van der Waals surface area contributed by atoms with E-state index in [4.69, 9.17) is 14.9 Å². The Morgan fingerprint density at radius 2 is 1.96 bits per heavy atom. The molecule has 2 aromatic rings. The van der Waals surface area contributed by atoms with Crippen molar-refractivity contribution in [2.45, 2.75) is 18.6 Å². The number of furan rings is 1. The van der Waals surface area contributed by atoms with Crippen molar-refractivity contribution in [2.24, 2.45) is 0 Å². The van der Waals surface area contributed by atoms with E-state index >= 15 is 0 Å². The Kier molecular flexibility index (Phi) is 4.76. The number of nitrogen functional groups attached to an aromatic ring is 1. The monoisotopic (exact) mass is 338 g/mol. The van der Waals surface area contributed by atoms with E-state index in [-0.39, 0.29) is 23.0 Å². The van der Waals surface area contributed by atoms with Crippen LogP contribution in [0.2, 0.25) is 0 Å². The highest BCUT2D eigenvalue weighted by Gasteiger charge is 2.22. The molecule has 0 atom stereocenters. The smallest absolute Gasteiger partial charge is 0.340 e. The van der Waals surface area contributed by atoms with Gasteiger partial charge in [0.2, 0.25) is 5.09 Å². The molecule has 1 aromatic heterocycles. The average molecular weight is 338 g/mol. The summed E-state index contributed by atoms with van der Waals surface area (Å²) < 4.78 is 35.2. The molecular weight excluding hydrogens is 320 g/mol. The van der Waals surface area contributed by atoms with Gasteiger partial charge in [0.1, 0.15) is 12.4 Å². The fourth-order valence-electron chi connectivity index (χ4n) is 1.83. The number of nitrogens with zero attached hydrogens (tertiary/aromatic N) is 1. The third-order valence-electron chi connectivity index (χ3n) is 3.26. The molecule has 23 heavy (non-hydrogen) atoms. The van der Waals surface area contributed by atoms with Gasteiger partial charge in [0, 0.05) is 19.8 Å². The first-order valence-electron chi connectivity index (χ1n) is 6.77. The first-order chi connectivity index (χ1) is 10.7. The topological polar surface area (TPSA) is 103 Å². The Morgan fingerprint density at radius 1 is 1.26 bits per heavy atom. The van der Waals surface area contributed by atoms with Gasteiger partial charge in [-0.1, -0.05) is 12.1 Å². The molecule has 1 heterocycles. The van der Waals surface area contributed by atoms with Crippen molar-refractivity contribution < 1.29 is 22.4 Å². The Hall–Kier alpha value is -2.32. The minimum atomic E-state index is -3.65. The number of para-hydroxylation sites is 1. The number of aryl methyl sites for hydroxylation is 1. The molecule has 2 rings (SSSR count). The number of esters is 1. The average Bonchev–Trinajstić information content (AvgIpc) is 2.97. The van der Waals surface area contributed by atoms with Gasteiger partial charge in [-0.2, -0.15) is 0 Å². The Balaban J connectivity index is 2.09. The number of rotatable bonds is 5. The molecule has 0 aliphatic rings. The zero-order valence-electron chi connectivity index (χ0n) is 13.1. The van der Waals surface area contributed by atoms with Crippen molar-refractivity contribution in [3.05, 3.63) is 47.2 Å². The maximum atomic E-state index is 12.0. The second-order valence-corrected chi connectivity index (χ2v) is 7.20. The van der Waals surface area contributed by atoms with Crippen LogP contribution in [-0.2, 0) is 21.4 Å². The van der Waals surface area contributed by atoms with E-state index in [2.05, 4.69) is 0 Å². The van der Waals surface area contributed by atoms with Gasteiger partial charge in [0.25, 0.3) is 10.0 Å². The summed E-state index contributed by atoms with van der Waals surface area (Å²) in [5.41, 5.74) is 7.23. The summed E-state index contributed by atoms with van der Waals surface area (Å²) in [5, 5.41) is -0.205. The number of sulfonamides is 1. The van der Waals surface area contributed by atoms with Crippen molar-refractivity contribution in [1.82, 2.24) is 4.31 Å². The summed E-state index contributed by atoms with van der Waals surface area (Å²) in [4.78, 5) is 12.0. The largest absolute Gasteiger partial charge is 0.454 e. The zero-order valence-corrected chi connectivity index (χ0v) is 13.9. The molecule has 0 saturated carbocycles. The Labute approximate surface area is 134 Å². The predicted molar refractivity (Wildman–Crippen MR) is 84.3 cm³/mol. The Bertz CT molecular complexity index is 824. The number of carbonyl (C=O) groups excluding carboxylic acids is 1. The molecule has 0 unspecified atom stereocenters. The van der Waals surface area contributed by atoms with E-state index in [1.165, 1.54) is 26.2 Å². The van der Waals surface area contributed by atoms with E-state index in [9.17, 15) is 13.2 Å². The molecule has 0 bridgehead atoms. The molecule has 0 radical (unpaired) electrons. The van der Waals surface area contributed by atoms with Crippen LogP contribution in [0.25, 0.3) is 0 Å². The van der Waals surface area contributed by atoms with Crippen LogP contribution in [0.5, 0.6) is 0 Å². The number of hydrogen-bond donors (Lipinski definition) is 1. The molecule has 0 aliphatic heterocycles. The number of carbonyl (C=O) groups is 1. The van der Waals surface area contributed by atoms with Gasteiger partial charge < -0.3 is 14.9 Å². The lowest BCUT2D eigenvalue weighted by atomic mass is 10.1. The van der Waals surface area contributed by atoms with E-state index in [1.54, 1.807) is 25.1 Å². The lowest BCUT2D eigenvalue weighted by Gasteiger charge is -2.08. The van der Waals surface area contributed by atoms with E-state index < -0.39 is 16.0 Å². The highest BCUT2D eigenvalue weighted by atomic mass is 32.2. The summed E-state index contributed by atoms with van der Waals surface area (Å²) in [7, 11) is -0.851. The van der Waals surface area contributed by atoms with Crippen LogP contribution in [-0.4, -0.2) is 32.8 Å². The van der Waals surface area contributed by atoms with Gasteiger partial charge in [-0.15, -0.1) is 0 Å². The number of nitrogens with two attached hydrogens (primary N) is 1. The van der Waals surface area contributed by atoms with Crippen molar-refractivity contribution in [2.75, 3.05) is 19.8 Å². The minimum Gasteiger partial charge on any atom is -0.454 e. The van der Waals surface area contributed by atoms with Crippen LogP contribution in [0.3, 0.4) is 0 Å². The van der Waals surface area contributed by atoms with Crippen molar-refractivity contribution in [1.29, 1.82) is 0 Å². The van der Waals surface area contributed by atoms with Crippen LogP contribution in [0.15, 0.2) is 39.8 Å². The molecule has 2 N–H and O–H groups in total. The molecule has 8 heteroatoms. The van der Waals surface area contributed by atoms with E-state index in [0.29, 0.717) is 5.69 Å². The molecular formula is C15H18N2O5S. The molecule has 7 nitrogen and oxygen atoms in total. The van der Waals surface area contributed by atoms with Gasteiger partial charge >= 0.3 is 5.97 Å². The third-order valence-corrected chi connectivity index (χ3v) is 4.95. The fourth-order valence-corrected chi connectivity index (χ4v) is 2.64. The van der Waals surface area contributed by atoms with E-state index in [0.717, 1.165) is 9.87 Å². The fraction of sp³-hybridized carbons (Fsp3) is 0.267. The molecule has 0 amide bonds. The molecule has 0 saturated heterocycles. The van der Waals surface area contributed by atoms with E-state index in [1.807, 2.05) is 0 Å². The number of anilines is 1. The molecule has 124 valence electrons. The second-order valence-electron chi connectivity index (χ2n) is 5.12. The third kappa shape index (κ3) is 3.54. The maximum Gasteiger partial charge on any atom is 0.340 e. The molecule has 0 spiro atoms. The van der Waals surface area contributed by atoms with Crippen molar-refractivity contribution >= 4 is 21.7 Å². The van der Waals surface area contributed by atoms with Crippen LogP contribution >= 0.6 is 0 Å². The standard InChI is InChI=1S/C15H18N2O5S/c1-10-5-4-6-12(14(10)16)15(18)21-9-11-7-8-13(22-11)23(19,20)17(2)3/h4-8H,9,16H2,1-3H3. The number of benzene rings is 1. The van der Waals surface area contributed by atoms with Gasteiger partial charge in [-0.25, -0.2) is 17.5 Å². The summed E-state index contributed by atoms with van der Waals surface area (Å²) in [6, 6.07) is 7.82. The highest BCUT2D eigenvalue weighted by Crippen LogP contribution is 2.20. The Morgan fingerprint density at radius 3 is 2.61 bits per heavy atom. The molecule has 0 fully saturated rings. The quantitative estimate of drug-likeness (QED) is 0.658. The minimum absolute atomic E-state index is 0.185. The lowest BCUT2D eigenvalue weighted by Crippen LogP contribution is -2.21. The summed E-state index contributed by atoms with van der Waals surface area (Å²) in [6.07, 6.45) is 0. The summed E-state index contributed by atoms with van der Waals surface area (Å²) in [6.45, 7) is 1.60. The normalized spacial score (nSPS) is 11.7. The van der Waals surface area contributed by atoms with Crippen LogP contribution in [0, 0.1) is 6.92 Å². The number of ether oxygens (including phenoxy) is 1. The predicted octanol–water partition coefficient (Wildman–Crippen LogP) is 1.78. The lowest BCUT2D eigenvalue weighted by molar-refractivity contribution is 0.0442. The van der Waals surface area contributed by atoms with Crippen LogP contribution in [0.4, 0.5) is 5.69 Å². The van der Waals surface area contributed by atoms with Gasteiger partial charge in [-0.3, -0.25) is 0 Å². The van der Waals surface area contributed by atoms with Crippen LogP contribution < -0.4 is 5.73 Å². The SMILES string of the molecule is Cc1cccc(C(=O)OCc2ccc(S(=O)(=O)N(C)C)o2)c1N. The molecule has 0 aliphatic carbocycles. The maximum absolute atomic E-state index is 12.0. The molecule has 1 aromatic carbocycles. The van der Waals surface area contributed by atoms with Crippen molar-refractivity contribution in [3.8, 4) is 0 Å². The highest BCUT2D eigenvalue weighted by molar-refractivity contribution is 7.88. The summed E-state index contributed by atoms with van der Waals surface area (Å²) in [5.74, 6) is -0.371. The van der Waals surface area contributed by atoms with Crippen molar-refractivity contribution in [3.63, 3.8) is 0 Å². The summed E-state index contributed by atoms with van der Waals surface area (Å²) >= 11 is 0. The second kappa shape index (κ2) is 6.43. The van der Waals surface area contributed by atoms with Gasteiger partial charge in [-0.05, 0) is 30.7 Å². The van der Waals surface area contributed by atoms with Gasteiger partial charge in [0.05, 0.1) is 5.56 Å². The first kappa shape index (κ1) is 17.0. The van der Waals surface area contributed by atoms with Crippen LogP contribution in [0.1, 0.15) is 21.7 Å². The zero-order chi connectivity index (χ0) is 17.2. The number of hydrogen-bond acceptors (Lipinski definition) is 6. The first-order valence-corrected chi connectivity index (χ1v) is 8.21. The van der Waals surface area contributed by atoms with Gasteiger partial charge in [0.15, 0.2) is 0 Å².